The zero-order valence-corrected chi connectivity index (χ0v) is 16.3. The number of rotatable bonds is 3. The van der Waals surface area contributed by atoms with Gasteiger partial charge in [-0.3, -0.25) is 9.97 Å². The van der Waals surface area contributed by atoms with Crippen LogP contribution in [0.3, 0.4) is 0 Å². The van der Waals surface area contributed by atoms with Gasteiger partial charge in [-0.2, -0.15) is 13.2 Å². The van der Waals surface area contributed by atoms with E-state index in [4.69, 9.17) is 9.90 Å². The summed E-state index contributed by atoms with van der Waals surface area (Å²) < 4.78 is 47.4. The lowest BCUT2D eigenvalue weighted by molar-refractivity contribution is -0.192. The number of carboxylic acids is 1. The highest BCUT2D eigenvalue weighted by molar-refractivity contribution is 5.81. The first-order valence-electron chi connectivity index (χ1n) is 9.06. The Morgan fingerprint density at radius 1 is 1.06 bits per heavy atom. The predicted molar refractivity (Wildman–Crippen MR) is 107 cm³/mol. The molecule has 0 fully saturated rings. The number of hydrogen-bond acceptors (Lipinski definition) is 3. The molecule has 0 aliphatic heterocycles. The Morgan fingerprint density at radius 2 is 1.81 bits per heavy atom. The molecule has 160 valence electrons. The molecule has 3 aromatic heterocycles. The van der Waals surface area contributed by atoms with E-state index in [9.17, 15) is 17.6 Å². The van der Waals surface area contributed by atoms with Crippen molar-refractivity contribution < 1.29 is 27.5 Å². The fraction of sp³-hybridized carbons (Fsp3) is 0.136. The summed E-state index contributed by atoms with van der Waals surface area (Å²) in [6.45, 7) is 2.46. The van der Waals surface area contributed by atoms with Crippen LogP contribution in [0.15, 0.2) is 67.1 Å². The number of alkyl halides is 3. The third kappa shape index (κ3) is 5.44. The second kappa shape index (κ2) is 8.95. The van der Waals surface area contributed by atoms with Crippen LogP contribution in [0.5, 0.6) is 0 Å². The second-order valence-electron chi connectivity index (χ2n) is 6.66. The Morgan fingerprint density at radius 3 is 2.42 bits per heavy atom. The minimum absolute atomic E-state index is 0.189. The van der Waals surface area contributed by atoms with Crippen LogP contribution in [-0.4, -0.2) is 31.8 Å². The minimum Gasteiger partial charge on any atom is -0.475 e. The van der Waals surface area contributed by atoms with Gasteiger partial charge in [0, 0.05) is 24.2 Å². The molecule has 0 spiro atoms. The van der Waals surface area contributed by atoms with Crippen LogP contribution in [0.1, 0.15) is 11.3 Å². The molecule has 1 N–H and O–H groups in total. The number of aliphatic carboxylic acids is 1. The van der Waals surface area contributed by atoms with Gasteiger partial charge in [-0.1, -0.05) is 12.1 Å². The zero-order valence-electron chi connectivity index (χ0n) is 16.3. The van der Waals surface area contributed by atoms with E-state index in [-0.39, 0.29) is 5.82 Å². The third-order valence-corrected chi connectivity index (χ3v) is 4.41. The molecule has 4 rings (SSSR count). The smallest absolute Gasteiger partial charge is 0.475 e. The summed E-state index contributed by atoms with van der Waals surface area (Å²) in [6, 6.07) is 15.1. The van der Waals surface area contributed by atoms with Gasteiger partial charge in [0.2, 0.25) is 0 Å². The first-order chi connectivity index (χ1) is 14.6. The Kier molecular flexibility index (Phi) is 6.33. The molecule has 5 nitrogen and oxygen atoms in total. The van der Waals surface area contributed by atoms with Crippen LogP contribution in [-0.2, 0) is 11.3 Å². The fourth-order valence-electron chi connectivity index (χ4n) is 2.85. The van der Waals surface area contributed by atoms with Crippen molar-refractivity contribution in [2.24, 2.45) is 0 Å². The maximum Gasteiger partial charge on any atom is 0.490 e. The first kappa shape index (κ1) is 21.9. The predicted octanol–water partition coefficient (Wildman–Crippen LogP) is 5.23. The van der Waals surface area contributed by atoms with Gasteiger partial charge in [0.05, 0.1) is 23.3 Å². The number of carbonyl (C=O) groups is 1. The molecule has 9 heteroatoms. The monoisotopic (exact) mass is 431 g/mol. The molecule has 3 heterocycles. The van der Waals surface area contributed by atoms with Gasteiger partial charge in [0.1, 0.15) is 5.82 Å². The molecule has 0 saturated heterocycles. The van der Waals surface area contributed by atoms with Crippen LogP contribution < -0.4 is 0 Å². The molecule has 31 heavy (non-hydrogen) atoms. The van der Waals surface area contributed by atoms with Crippen molar-refractivity contribution in [2.45, 2.75) is 19.6 Å². The number of hydrogen-bond donors (Lipinski definition) is 1. The molecule has 1 aromatic carbocycles. The molecule has 0 radical (unpaired) electrons. The van der Waals surface area contributed by atoms with Crippen molar-refractivity contribution in [2.75, 3.05) is 0 Å². The lowest BCUT2D eigenvalue weighted by Crippen LogP contribution is -2.21. The van der Waals surface area contributed by atoms with E-state index < -0.39 is 12.1 Å². The maximum atomic E-state index is 13.5. The van der Waals surface area contributed by atoms with E-state index in [1.165, 1.54) is 6.07 Å². The number of aromatic nitrogens is 3. The highest BCUT2D eigenvalue weighted by Gasteiger charge is 2.38. The second-order valence-corrected chi connectivity index (χ2v) is 6.66. The summed E-state index contributed by atoms with van der Waals surface area (Å²) in [5.41, 5.74) is 5.56. The number of fused-ring (bicyclic) bond motifs is 1. The highest BCUT2D eigenvalue weighted by atomic mass is 19.4. The number of benzene rings is 1. The molecule has 0 unspecified atom stereocenters. The third-order valence-electron chi connectivity index (χ3n) is 4.41. The Hall–Kier alpha value is -3.75. The highest BCUT2D eigenvalue weighted by Crippen LogP contribution is 2.25. The summed E-state index contributed by atoms with van der Waals surface area (Å²) in [6.07, 6.45) is 0.568. The molecule has 0 amide bonds. The number of halogens is 4. The van der Waals surface area contributed by atoms with Gasteiger partial charge < -0.3 is 9.67 Å². The van der Waals surface area contributed by atoms with Crippen LogP contribution in [0.25, 0.3) is 22.2 Å². The molecule has 0 aliphatic rings. The van der Waals surface area contributed by atoms with E-state index >= 15 is 0 Å². The lowest BCUT2D eigenvalue weighted by Gasteiger charge is -2.07. The number of nitrogens with zero attached hydrogens (tertiary/aromatic N) is 3. The summed E-state index contributed by atoms with van der Waals surface area (Å²) in [5, 5.41) is 7.12. The summed E-state index contributed by atoms with van der Waals surface area (Å²) in [4.78, 5) is 17.8. The average Bonchev–Trinajstić information content (AvgIpc) is 3.12. The number of carboxylic acid groups (broad SMARTS) is 1. The topological polar surface area (TPSA) is 68.0 Å². The van der Waals surface area contributed by atoms with Gasteiger partial charge in [0.15, 0.2) is 0 Å². The van der Waals surface area contributed by atoms with Crippen molar-refractivity contribution in [3.63, 3.8) is 0 Å². The average molecular weight is 431 g/mol. The van der Waals surface area contributed by atoms with E-state index in [0.29, 0.717) is 12.1 Å². The molecule has 0 saturated carbocycles. The summed E-state index contributed by atoms with van der Waals surface area (Å²) in [7, 11) is 0. The Bertz CT molecular complexity index is 1200. The van der Waals surface area contributed by atoms with Crippen LogP contribution in [0, 0.1) is 12.7 Å². The van der Waals surface area contributed by atoms with Crippen LogP contribution in [0.4, 0.5) is 17.6 Å². The molecule has 0 bridgehead atoms. The molecular weight excluding hydrogens is 414 g/mol. The molecule has 0 atom stereocenters. The van der Waals surface area contributed by atoms with Crippen LogP contribution >= 0.6 is 0 Å². The SMILES string of the molecule is Cc1cc(-c2cnc3ccn(Cc4ccccn4)c3c2)ccc1F.O=C(O)C(F)(F)F. The van der Waals surface area contributed by atoms with Crippen molar-refractivity contribution in [3.05, 3.63) is 84.2 Å². The largest absolute Gasteiger partial charge is 0.490 e. The van der Waals surface area contributed by atoms with Crippen molar-refractivity contribution in [1.82, 2.24) is 14.5 Å². The van der Waals surface area contributed by atoms with Crippen molar-refractivity contribution in [3.8, 4) is 11.1 Å². The standard InChI is InChI=1S/C20H16FN3.C2HF3O2/c1-14-10-15(5-6-18(14)21)16-11-20-19(23-12-16)7-9-24(20)13-17-4-2-3-8-22-17;3-2(4,5)1(6)7/h2-12H,13H2,1H3;(H,6,7). The number of pyridine rings is 2. The van der Waals surface area contributed by atoms with E-state index in [0.717, 1.165) is 27.9 Å². The van der Waals surface area contributed by atoms with Gasteiger partial charge in [-0.25, -0.2) is 9.18 Å². The van der Waals surface area contributed by atoms with Crippen LogP contribution in [0.2, 0.25) is 0 Å². The Labute approximate surface area is 174 Å². The van der Waals surface area contributed by atoms with Crippen molar-refractivity contribution >= 4 is 17.0 Å². The Balaban J connectivity index is 0.000000339. The lowest BCUT2D eigenvalue weighted by atomic mass is 10.0. The maximum absolute atomic E-state index is 13.5. The normalized spacial score (nSPS) is 11.1. The van der Waals surface area contributed by atoms with Gasteiger partial charge in [-0.05, 0) is 54.4 Å². The summed E-state index contributed by atoms with van der Waals surface area (Å²) in [5.74, 6) is -2.95. The van der Waals surface area contributed by atoms with Gasteiger partial charge in [-0.15, -0.1) is 0 Å². The van der Waals surface area contributed by atoms with Crippen molar-refractivity contribution in [1.29, 1.82) is 0 Å². The molecular formula is C22H17F4N3O2. The number of aryl methyl sites for hydroxylation is 1. The minimum atomic E-state index is -5.08. The molecule has 0 aliphatic carbocycles. The first-order valence-corrected chi connectivity index (χ1v) is 9.06. The quantitative estimate of drug-likeness (QED) is 0.451. The van der Waals surface area contributed by atoms with Gasteiger partial charge in [0.25, 0.3) is 0 Å². The van der Waals surface area contributed by atoms with Gasteiger partial charge >= 0.3 is 12.1 Å². The fourth-order valence-corrected chi connectivity index (χ4v) is 2.85. The van der Waals surface area contributed by atoms with E-state index in [1.807, 2.05) is 42.7 Å². The van der Waals surface area contributed by atoms with E-state index in [1.54, 1.807) is 19.2 Å². The summed E-state index contributed by atoms with van der Waals surface area (Å²) >= 11 is 0. The zero-order chi connectivity index (χ0) is 22.6. The van der Waals surface area contributed by atoms with E-state index in [2.05, 4.69) is 20.6 Å². The molecule has 4 aromatic rings.